The Morgan fingerprint density at radius 3 is 3.17 bits per heavy atom. The summed E-state index contributed by atoms with van der Waals surface area (Å²) in [7, 11) is 0. The first kappa shape index (κ1) is 12.6. The van der Waals surface area contributed by atoms with Crippen molar-refractivity contribution in [3.63, 3.8) is 0 Å². The van der Waals surface area contributed by atoms with Gasteiger partial charge in [-0.2, -0.15) is 0 Å². The molecule has 0 saturated carbocycles. The van der Waals surface area contributed by atoms with Gasteiger partial charge in [0.05, 0.1) is 12.9 Å². The Morgan fingerprint density at radius 2 is 2.50 bits per heavy atom. The molecule has 2 amide bonds. The van der Waals surface area contributed by atoms with E-state index in [-0.39, 0.29) is 12.1 Å². The van der Waals surface area contributed by atoms with Crippen LogP contribution in [0.15, 0.2) is 36.2 Å². The largest absolute Gasteiger partial charge is 0.335 e. The highest BCUT2D eigenvalue weighted by Crippen LogP contribution is 2.07. The highest BCUT2D eigenvalue weighted by molar-refractivity contribution is 7.09. The van der Waals surface area contributed by atoms with Gasteiger partial charge in [-0.1, -0.05) is 6.07 Å². The number of carbonyl (C=O) groups is 1. The Morgan fingerprint density at radius 1 is 1.61 bits per heavy atom. The Bertz CT molecular complexity index is 466. The Labute approximate surface area is 110 Å². The second-order valence-electron chi connectivity index (χ2n) is 4.07. The lowest BCUT2D eigenvalue weighted by molar-refractivity contribution is 0.236. The van der Waals surface area contributed by atoms with Gasteiger partial charge >= 0.3 is 6.03 Å². The molecule has 0 radical (unpaired) electrons. The molecule has 2 aromatic heterocycles. The van der Waals surface area contributed by atoms with Gasteiger partial charge in [-0.3, -0.25) is 0 Å². The van der Waals surface area contributed by atoms with E-state index < -0.39 is 0 Å². The molecule has 0 aromatic carbocycles. The standard InChI is InChI=1S/C12H16N4OS/c1-10(8-16-5-4-13-9-16)15-12(17)14-7-11-3-2-6-18-11/h2-6,9-10H,7-8H2,1H3,(H2,14,15,17)/t10-/m0/s1. The summed E-state index contributed by atoms with van der Waals surface area (Å²) >= 11 is 1.63. The van der Waals surface area contributed by atoms with Crippen LogP contribution >= 0.6 is 11.3 Å². The average molecular weight is 264 g/mol. The molecular weight excluding hydrogens is 248 g/mol. The van der Waals surface area contributed by atoms with Crippen LogP contribution in [0.3, 0.4) is 0 Å². The summed E-state index contributed by atoms with van der Waals surface area (Å²) in [6.07, 6.45) is 5.34. The number of urea groups is 1. The van der Waals surface area contributed by atoms with Crippen LogP contribution in [0.2, 0.25) is 0 Å². The minimum Gasteiger partial charge on any atom is -0.335 e. The molecule has 0 unspecified atom stereocenters. The lowest BCUT2D eigenvalue weighted by atomic mass is 10.3. The van der Waals surface area contributed by atoms with Crippen molar-refractivity contribution in [1.29, 1.82) is 0 Å². The fraction of sp³-hybridized carbons (Fsp3) is 0.333. The van der Waals surface area contributed by atoms with Crippen molar-refractivity contribution in [2.24, 2.45) is 0 Å². The molecule has 2 heterocycles. The van der Waals surface area contributed by atoms with Crippen molar-refractivity contribution >= 4 is 17.4 Å². The lowest BCUT2D eigenvalue weighted by Crippen LogP contribution is -2.42. The number of thiophene rings is 1. The fourth-order valence-corrected chi connectivity index (χ4v) is 2.26. The van der Waals surface area contributed by atoms with Gasteiger partial charge in [-0.05, 0) is 18.4 Å². The normalized spacial score (nSPS) is 12.1. The van der Waals surface area contributed by atoms with E-state index >= 15 is 0 Å². The maximum atomic E-state index is 11.6. The van der Waals surface area contributed by atoms with Gasteiger partial charge < -0.3 is 15.2 Å². The molecule has 0 spiro atoms. The number of hydrogen-bond donors (Lipinski definition) is 2. The molecule has 0 saturated heterocycles. The van der Waals surface area contributed by atoms with Crippen LogP contribution in [0.4, 0.5) is 4.79 Å². The third kappa shape index (κ3) is 3.89. The highest BCUT2D eigenvalue weighted by Gasteiger charge is 2.07. The first-order valence-corrected chi connectivity index (χ1v) is 6.64. The summed E-state index contributed by atoms with van der Waals surface area (Å²) in [5, 5.41) is 7.71. The van der Waals surface area contributed by atoms with Crippen LogP contribution in [0.5, 0.6) is 0 Å². The van der Waals surface area contributed by atoms with Crippen LogP contribution < -0.4 is 10.6 Å². The molecule has 0 aliphatic carbocycles. The second-order valence-corrected chi connectivity index (χ2v) is 5.10. The average Bonchev–Trinajstić information content (AvgIpc) is 2.98. The molecule has 6 heteroatoms. The van der Waals surface area contributed by atoms with Gasteiger partial charge in [0.15, 0.2) is 0 Å². The molecule has 0 bridgehead atoms. The van der Waals surface area contributed by atoms with E-state index in [1.807, 2.05) is 35.2 Å². The van der Waals surface area contributed by atoms with Crippen molar-refractivity contribution in [3.8, 4) is 0 Å². The Hall–Kier alpha value is -1.82. The first-order valence-electron chi connectivity index (χ1n) is 5.76. The molecule has 96 valence electrons. The van der Waals surface area contributed by atoms with Gasteiger partial charge in [-0.15, -0.1) is 11.3 Å². The SMILES string of the molecule is C[C@@H](Cn1ccnc1)NC(=O)NCc1cccs1. The molecule has 18 heavy (non-hydrogen) atoms. The summed E-state index contributed by atoms with van der Waals surface area (Å²) in [4.78, 5) is 16.7. The predicted molar refractivity (Wildman–Crippen MR) is 71.4 cm³/mol. The van der Waals surface area contributed by atoms with E-state index in [0.717, 1.165) is 4.88 Å². The van der Waals surface area contributed by atoms with Crippen LogP contribution in [0.1, 0.15) is 11.8 Å². The number of hydrogen-bond acceptors (Lipinski definition) is 3. The monoisotopic (exact) mass is 264 g/mol. The lowest BCUT2D eigenvalue weighted by Gasteiger charge is -2.14. The van der Waals surface area contributed by atoms with Gasteiger partial charge in [0, 0.05) is 29.9 Å². The zero-order valence-corrected chi connectivity index (χ0v) is 11.0. The predicted octanol–water partition coefficient (Wildman–Crippen LogP) is 1.83. The quantitative estimate of drug-likeness (QED) is 0.865. The van der Waals surface area contributed by atoms with E-state index in [9.17, 15) is 4.79 Å². The number of aromatic nitrogens is 2. The molecule has 0 aliphatic rings. The van der Waals surface area contributed by atoms with Crippen molar-refractivity contribution < 1.29 is 4.79 Å². The third-order valence-electron chi connectivity index (χ3n) is 2.42. The number of carbonyl (C=O) groups excluding carboxylic acids is 1. The maximum absolute atomic E-state index is 11.6. The smallest absolute Gasteiger partial charge is 0.315 e. The minimum atomic E-state index is -0.143. The summed E-state index contributed by atoms with van der Waals surface area (Å²) in [6, 6.07) is 3.89. The van der Waals surface area contributed by atoms with Crippen LogP contribution in [-0.4, -0.2) is 21.6 Å². The Kier molecular flexibility index (Phi) is 4.35. The zero-order valence-electron chi connectivity index (χ0n) is 10.2. The van der Waals surface area contributed by atoms with Gasteiger partial charge in [0.2, 0.25) is 0 Å². The molecule has 2 aromatic rings. The van der Waals surface area contributed by atoms with E-state index in [1.54, 1.807) is 23.9 Å². The summed E-state index contributed by atoms with van der Waals surface area (Å²) in [6.45, 7) is 3.25. The summed E-state index contributed by atoms with van der Waals surface area (Å²) < 4.78 is 1.93. The molecule has 2 rings (SSSR count). The number of rotatable bonds is 5. The van der Waals surface area contributed by atoms with Crippen LogP contribution in [0.25, 0.3) is 0 Å². The number of imidazole rings is 1. The van der Waals surface area contributed by atoms with Crippen molar-refractivity contribution in [2.45, 2.75) is 26.1 Å². The Balaban J connectivity index is 1.70. The third-order valence-corrected chi connectivity index (χ3v) is 3.30. The van der Waals surface area contributed by atoms with Crippen molar-refractivity contribution in [3.05, 3.63) is 41.1 Å². The van der Waals surface area contributed by atoms with E-state index in [1.165, 1.54) is 0 Å². The number of amides is 2. The molecule has 0 fully saturated rings. The van der Waals surface area contributed by atoms with Crippen molar-refractivity contribution in [1.82, 2.24) is 20.2 Å². The molecule has 2 N–H and O–H groups in total. The molecule has 0 aliphatic heterocycles. The molecule has 5 nitrogen and oxygen atoms in total. The van der Waals surface area contributed by atoms with E-state index in [2.05, 4.69) is 15.6 Å². The molecule has 1 atom stereocenters. The van der Waals surface area contributed by atoms with Gasteiger partial charge in [0.25, 0.3) is 0 Å². The van der Waals surface area contributed by atoms with E-state index in [0.29, 0.717) is 13.1 Å². The number of nitrogens with zero attached hydrogens (tertiary/aromatic N) is 2. The van der Waals surface area contributed by atoms with Gasteiger partial charge in [-0.25, -0.2) is 9.78 Å². The van der Waals surface area contributed by atoms with Crippen LogP contribution in [-0.2, 0) is 13.1 Å². The highest BCUT2D eigenvalue weighted by atomic mass is 32.1. The minimum absolute atomic E-state index is 0.0579. The van der Waals surface area contributed by atoms with Crippen molar-refractivity contribution in [2.75, 3.05) is 0 Å². The number of nitrogens with one attached hydrogen (secondary N) is 2. The topological polar surface area (TPSA) is 59.0 Å². The maximum Gasteiger partial charge on any atom is 0.315 e. The first-order chi connectivity index (χ1) is 8.74. The summed E-state index contributed by atoms with van der Waals surface area (Å²) in [5.74, 6) is 0. The molecular formula is C12H16N4OS. The van der Waals surface area contributed by atoms with E-state index in [4.69, 9.17) is 0 Å². The van der Waals surface area contributed by atoms with Crippen LogP contribution in [0, 0.1) is 0 Å². The summed E-state index contributed by atoms with van der Waals surface area (Å²) in [5.41, 5.74) is 0. The second kappa shape index (κ2) is 6.20. The van der Waals surface area contributed by atoms with Gasteiger partial charge in [0.1, 0.15) is 0 Å². The fourth-order valence-electron chi connectivity index (χ4n) is 1.61. The zero-order chi connectivity index (χ0) is 12.8.